The van der Waals surface area contributed by atoms with Gasteiger partial charge in [0.2, 0.25) is 0 Å². The first kappa shape index (κ1) is 24.6. The molecule has 1 fully saturated rings. The van der Waals surface area contributed by atoms with E-state index in [2.05, 4.69) is 22.0 Å². The van der Waals surface area contributed by atoms with Gasteiger partial charge in [0.25, 0.3) is 0 Å². The van der Waals surface area contributed by atoms with Gasteiger partial charge < -0.3 is 19.5 Å². The van der Waals surface area contributed by atoms with E-state index in [1.807, 2.05) is 66.7 Å². The molecule has 6 rings (SSSR count). The number of piperidine rings is 1. The number of pyridine rings is 1. The highest BCUT2D eigenvalue weighted by molar-refractivity contribution is 5.92. The number of likely N-dealkylation sites (tertiary alicyclic amines) is 1. The summed E-state index contributed by atoms with van der Waals surface area (Å²) in [4.78, 5) is 20.6. The number of Topliss-reactive ketones (excluding diaryl/α,β-unsaturated/α-hetero) is 1. The molecule has 0 bridgehead atoms. The van der Waals surface area contributed by atoms with Crippen molar-refractivity contribution in [1.29, 1.82) is 0 Å². The number of para-hydroxylation sites is 1. The smallest absolute Gasteiger partial charge is 0.148 e. The molecule has 0 spiro atoms. The van der Waals surface area contributed by atoms with Gasteiger partial charge in [-0.25, -0.2) is 0 Å². The van der Waals surface area contributed by atoms with E-state index in [4.69, 9.17) is 9.47 Å². The van der Waals surface area contributed by atoms with Crippen molar-refractivity contribution < 1.29 is 19.4 Å². The summed E-state index contributed by atoms with van der Waals surface area (Å²) in [6.07, 6.45) is 2.70. The number of benzene rings is 3. The number of nitrogens with zero attached hydrogens (tertiary/aromatic N) is 2. The van der Waals surface area contributed by atoms with Crippen molar-refractivity contribution in [1.82, 2.24) is 9.88 Å². The Morgan fingerprint density at radius 1 is 0.974 bits per heavy atom. The van der Waals surface area contributed by atoms with Crippen LogP contribution in [0.2, 0.25) is 0 Å². The fourth-order valence-electron chi connectivity index (χ4n) is 5.80. The zero-order chi connectivity index (χ0) is 25.9. The van der Waals surface area contributed by atoms with Crippen LogP contribution in [-0.4, -0.2) is 53.1 Å². The van der Waals surface area contributed by atoms with Gasteiger partial charge in [-0.3, -0.25) is 9.78 Å². The molecule has 3 heterocycles. The highest BCUT2D eigenvalue weighted by atomic mass is 16.5. The largest absolute Gasteiger partial charge is 0.490 e. The minimum atomic E-state index is -0.619. The lowest BCUT2D eigenvalue weighted by Crippen LogP contribution is -2.42. The zero-order valence-corrected chi connectivity index (χ0v) is 21.3. The van der Waals surface area contributed by atoms with Crippen molar-refractivity contribution in [3.63, 3.8) is 0 Å². The number of hydrogen-bond acceptors (Lipinski definition) is 6. The molecule has 2 unspecified atom stereocenters. The molecule has 0 radical (unpaired) electrons. The second-order valence-electron chi connectivity index (χ2n) is 10.2. The lowest BCUT2D eigenvalue weighted by atomic mass is 9.78. The molecule has 0 aliphatic carbocycles. The number of aliphatic hydroxyl groups is 1. The number of ether oxygens (including phenoxy) is 2. The molecule has 4 aromatic rings. The molecular formula is C32H32N2O4. The molecule has 38 heavy (non-hydrogen) atoms. The number of aromatic nitrogens is 1. The standard InChI is InChI=1S/C32H32N2O4/c35-24(21-38-29-13-5-11-28-26(29)10-6-16-33-28)19-34-17-14-22(15-18-34)32(36)31-25-8-2-1-7-23(25)20-37-30-12-4-3-9-27(30)31/h1-13,16,22,24,31,35H,14-15,17-21H2. The molecule has 0 amide bonds. The van der Waals surface area contributed by atoms with Crippen LogP contribution in [0.5, 0.6) is 11.5 Å². The maximum atomic E-state index is 14.0. The molecule has 1 saturated heterocycles. The van der Waals surface area contributed by atoms with Crippen LogP contribution in [0, 0.1) is 5.92 Å². The van der Waals surface area contributed by atoms with Crippen LogP contribution in [0.25, 0.3) is 10.9 Å². The topological polar surface area (TPSA) is 71.9 Å². The quantitative estimate of drug-likeness (QED) is 0.380. The van der Waals surface area contributed by atoms with Crippen molar-refractivity contribution in [2.45, 2.75) is 31.5 Å². The van der Waals surface area contributed by atoms with Crippen LogP contribution in [-0.2, 0) is 11.4 Å². The van der Waals surface area contributed by atoms with Crippen molar-refractivity contribution in [2.75, 3.05) is 26.2 Å². The molecule has 194 valence electrons. The van der Waals surface area contributed by atoms with E-state index in [1.165, 1.54) is 0 Å². The Morgan fingerprint density at radius 2 is 1.76 bits per heavy atom. The fourth-order valence-corrected chi connectivity index (χ4v) is 5.80. The number of rotatable bonds is 7. The Morgan fingerprint density at radius 3 is 2.63 bits per heavy atom. The Balaban J connectivity index is 1.08. The van der Waals surface area contributed by atoms with E-state index in [9.17, 15) is 9.90 Å². The van der Waals surface area contributed by atoms with Crippen LogP contribution in [0.3, 0.4) is 0 Å². The first-order valence-electron chi connectivity index (χ1n) is 13.4. The number of carbonyl (C=O) groups is 1. The maximum absolute atomic E-state index is 14.0. The predicted molar refractivity (Wildman–Crippen MR) is 146 cm³/mol. The number of fused-ring (bicyclic) bond motifs is 3. The predicted octanol–water partition coefficient (Wildman–Crippen LogP) is 4.98. The number of β-amino-alcohol motifs (C(OH)–C–C–N with tert-alkyl or cyclic N) is 1. The summed E-state index contributed by atoms with van der Waals surface area (Å²) in [5, 5.41) is 11.6. The number of aliphatic hydroxyl groups excluding tert-OH is 1. The van der Waals surface area contributed by atoms with E-state index < -0.39 is 6.10 Å². The SMILES string of the molecule is O=C(C1CCN(CC(O)COc2cccc3ncccc23)CC1)C1c2ccccc2COc2ccccc21. The molecule has 1 aromatic heterocycles. The third-order valence-corrected chi connectivity index (χ3v) is 7.76. The highest BCUT2D eigenvalue weighted by Crippen LogP contribution is 2.40. The first-order valence-corrected chi connectivity index (χ1v) is 13.4. The zero-order valence-electron chi connectivity index (χ0n) is 21.3. The van der Waals surface area contributed by atoms with Gasteiger partial charge in [0, 0.05) is 29.6 Å². The number of carbonyl (C=O) groups excluding carboxylic acids is 1. The van der Waals surface area contributed by atoms with E-state index in [0.717, 1.165) is 65.0 Å². The molecule has 1 N–H and O–H groups in total. The highest BCUT2D eigenvalue weighted by Gasteiger charge is 2.36. The van der Waals surface area contributed by atoms with E-state index >= 15 is 0 Å². The third-order valence-electron chi connectivity index (χ3n) is 7.76. The molecule has 6 nitrogen and oxygen atoms in total. The summed E-state index contributed by atoms with van der Waals surface area (Å²) in [7, 11) is 0. The van der Waals surface area contributed by atoms with Crippen LogP contribution < -0.4 is 9.47 Å². The average molecular weight is 509 g/mol. The Kier molecular flexibility index (Phi) is 7.08. The Labute approximate surface area is 222 Å². The number of ketones is 1. The van der Waals surface area contributed by atoms with Gasteiger partial charge in [-0.1, -0.05) is 48.5 Å². The van der Waals surface area contributed by atoms with Crippen molar-refractivity contribution in [3.8, 4) is 11.5 Å². The lowest BCUT2D eigenvalue weighted by Gasteiger charge is -2.34. The van der Waals surface area contributed by atoms with E-state index in [-0.39, 0.29) is 24.2 Å². The fraction of sp³-hybridized carbons (Fsp3) is 0.312. The minimum absolute atomic E-state index is 0.0213. The number of hydrogen-bond donors (Lipinski definition) is 1. The molecule has 0 saturated carbocycles. The normalized spacial score (nSPS) is 18.6. The molecule has 3 aromatic carbocycles. The second kappa shape index (κ2) is 10.9. The van der Waals surface area contributed by atoms with Crippen LogP contribution in [0.15, 0.2) is 85.1 Å². The van der Waals surface area contributed by atoms with Gasteiger partial charge in [-0.15, -0.1) is 0 Å². The van der Waals surface area contributed by atoms with Gasteiger partial charge in [0.15, 0.2) is 0 Å². The Hall–Kier alpha value is -3.74. The first-order chi connectivity index (χ1) is 18.7. The summed E-state index contributed by atoms with van der Waals surface area (Å²) >= 11 is 0. The van der Waals surface area contributed by atoms with E-state index in [0.29, 0.717) is 13.2 Å². The summed E-state index contributed by atoms with van der Waals surface area (Å²) in [6, 6.07) is 25.7. The summed E-state index contributed by atoms with van der Waals surface area (Å²) in [5.41, 5.74) is 3.96. The summed E-state index contributed by atoms with van der Waals surface area (Å²) in [6.45, 7) is 2.76. The third kappa shape index (κ3) is 5.02. The van der Waals surface area contributed by atoms with Gasteiger partial charge in [0.05, 0.1) is 11.4 Å². The summed E-state index contributed by atoms with van der Waals surface area (Å²) < 4.78 is 12.0. The van der Waals surface area contributed by atoms with Crippen LogP contribution >= 0.6 is 0 Å². The molecular weight excluding hydrogens is 476 g/mol. The average Bonchev–Trinajstić information content (AvgIpc) is 3.13. The van der Waals surface area contributed by atoms with Crippen molar-refractivity contribution in [3.05, 3.63) is 102 Å². The Bertz CT molecular complexity index is 1380. The molecule has 2 aliphatic rings. The van der Waals surface area contributed by atoms with Gasteiger partial charge in [-0.05, 0) is 67.4 Å². The second-order valence-corrected chi connectivity index (χ2v) is 10.2. The minimum Gasteiger partial charge on any atom is -0.490 e. The summed E-state index contributed by atoms with van der Waals surface area (Å²) in [5.74, 6) is 1.46. The van der Waals surface area contributed by atoms with Gasteiger partial charge in [0.1, 0.15) is 36.6 Å². The van der Waals surface area contributed by atoms with Crippen LogP contribution in [0.1, 0.15) is 35.4 Å². The van der Waals surface area contributed by atoms with Crippen molar-refractivity contribution in [2.24, 2.45) is 5.92 Å². The molecule has 2 atom stereocenters. The van der Waals surface area contributed by atoms with Gasteiger partial charge in [-0.2, -0.15) is 0 Å². The lowest BCUT2D eigenvalue weighted by molar-refractivity contribution is -0.125. The monoisotopic (exact) mass is 508 g/mol. The van der Waals surface area contributed by atoms with E-state index in [1.54, 1.807) is 6.20 Å². The molecule has 2 aliphatic heterocycles. The maximum Gasteiger partial charge on any atom is 0.148 e. The molecule has 6 heteroatoms. The van der Waals surface area contributed by atoms with Crippen molar-refractivity contribution >= 4 is 16.7 Å². The van der Waals surface area contributed by atoms with Crippen LogP contribution in [0.4, 0.5) is 0 Å². The van der Waals surface area contributed by atoms with Gasteiger partial charge >= 0.3 is 0 Å².